The fraction of sp³-hybridized carbons (Fsp3) is 1.00. The van der Waals surface area contributed by atoms with Gasteiger partial charge < -0.3 is 9.16 Å². The first-order chi connectivity index (χ1) is 5.22. The Labute approximate surface area is 76.4 Å². The van der Waals surface area contributed by atoms with Crippen molar-refractivity contribution in [3.8, 4) is 0 Å². The van der Waals surface area contributed by atoms with E-state index in [1.165, 1.54) is 0 Å². The Hall–Kier alpha value is 0.137. The van der Waals surface area contributed by atoms with Crippen LogP contribution in [-0.4, -0.2) is 21.2 Å². The molecule has 1 aliphatic rings. The second-order valence-corrected chi connectivity index (χ2v) is 9.66. The molecule has 0 bridgehead atoms. The number of rotatable bonds is 3. The highest BCUT2D eigenvalue weighted by Crippen LogP contribution is 2.59. The molecule has 12 heavy (non-hydrogen) atoms. The SMILES string of the molecule is COC1(O[Si](C)(C)C)CC1(C)C. The predicted molar refractivity (Wildman–Crippen MR) is 52.6 cm³/mol. The van der Waals surface area contributed by atoms with Crippen LogP contribution in [0.2, 0.25) is 19.6 Å². The molecule has 0 amide bonds. The first kappa shape index (κ1) is 10.2. The molecule has 1 saturated carbocycles. The van der Waals surface area contributed by atoms with Crippen molar-refractivity contribution >= 4 is 8.32 Å². The Morgan fingerprint density at radius 1 is 1.17 bits per heavy atom. The van der Waals surface area contributed by atoms with Gasteiger partial charge in [-0.1, -0.05) is 13.8 Å². The van der Waals surface area contributed by atoms with E-state index < -0.39 is 8.32 Å². The van der Waals surface area contributed by atoms with Gasteiger partial charge in [-0.25, -0.2) is 0 Å². The van der Waals surface area contributed by atoms with Gasteiger partial charge in [0.05, 0.1) is 0 Å². The lowest BCUT2D eigenvalue weighted by Gasteiger charge is -2.28. The summed E-state index contributed by atoms with van der Waals surface area (Å²) in [5.74, 6) is -0.266. The molecule has 72 valence electrons. The highest BCUT2D eigenvalue weighted by Gasteiger charge is 2.64. The van der Waals surface area contributed by atoms with Crippen LogP contribution in [0.1, 0.15) is 20.3 Å². The van der Waals surface area contributed by atoms with Crippen molar-refractivity contribution in [3.63, 3.8) is 0 Å². The van der Waals surface area contributed by atoms with Crippen molar-refractivity contribution in [1.29, 1.82) is 0 Å². The molecule has 0 aromatic carbocycles. The molecule has 3 heteroatoms. The van der Waals surface area contributed by atoms with Gasteiger partial charge in [0.2, 0.25) is 0 Å². The summed E-state index contributed by atoms with van der Waals surface area (Å²) in [4.78, 5) is 0. The molecule has 2 nitrogen and oxygen atoms in total. The Balaban J connectivity index is 2.62. The van der Waals surface area contributed by atoms with Crippen molar-refractivity contribution in [2.75, 3.05) is 7.11 Å². The lowest BCUT2D eigenvalue weighted by Crippen LogP contribution is -2.37. The first-order valence-corrected chi connectivity index (χ1v) is 7.89. The largest absolute Gasteiger partial charge is 0.390 e. The van der Waals surface area contributed by atoms with Gasteiger partial charge in [0, 0.05) is 18.9 Å². The molecular formula is C9H20O2Si. The molecule has 1 fully saturated rings. The molecule has 0 saturated heterocycles. The standard InChI is InChI=1S/C9H20O2Si/c1-8(2)7-9(8,10-3)11-12(4,5)6/h7H2,1-6H3. The quantitative estimate of drug-likeness (QED) is 0.501. The van der Waals surface area contributed by atoms with Gasteiger partial charge in [-0.2, -0.15) is 0 Å². The fourth-order valence-corrected chi connectivity index (χ4v) is 3.02. The predicted octanol–water partition coefficient (Wildman–Crippen LogP) is 2.61. The van der Waals surface area contributed by atoms with Gasteiger partial charge >= 0.3 is 0 Å². The monoisotopic (exact) mass is 188 g/mol. The van der Waals surface area contributed by atoms with Crippen LogP contribution in [0, 0.1) is 5.41 Å². The molecule has 0 radical (unpaired) electrons. The van der Waals surface area contributed by atoms with E-state index in [1.54, 1.807) is 7.11 Å². The number of hydrogen-bond acceptors (Lipinski definition) is 2. The zero-order chi connectivity index (χ0) is 9.62. The molecule has 0 aromatic rings. The summed E-state index contributed by atoms with van der Waals surface area (Å²) < 4.78 is 11.5. The highest BCUT2D eigenvalue weighted by atomic mass is 28.4. The van der Waals surface area contributed by atoms with Crippen LogP contribution in [0.4, 0.5) is 0 Å². The minimum atomic E-state index is -1.46. The van der Waals surface area contributed by atoms with Gasteiger partial charge in [0.15, 0.2) is 14.1 Å². The maximum atomic E-state index is 6.02. The topological polar surface area (TPSA) is 18.5 Å². The van der Waals surface area contributed by atoms with Crippen LogP contribution < -0.4 is 0 Å². The summed E-state index contributed by atoms with van der Waals surface area (Å²) in [7, 11) is 0.280. The number of ether oxygens (including phenoxy) is 1. The molecule has 1 atom stereocenters. The number of hydrogen-bond donors (Lipinski definition) is 0. The maximum absolute atomic E-state index is 6.02. The van der Waals surface area contributed by atoms with E-state index in [-0.39, 0.29) is 11.2 Å². The fourth-order valence-electron chi connectivity index (χ4n) is 1.60. The summed E-state index contributed by atoms with van der Waals surface area (Å²) in [5.41, 5.74) is 0.210. The van der Waals surface area contributed by atoms with Crippen molar-refractivity contribution in [2.24, 2.45) is 5.41 Å². The molecule has 1 aliphatic carbocycles. The van der Waals surface area contributed by atoms with Crippen molar-refractivity contribution in [1.82, 2.24) is 0 Å². The van der Waals surface area contributed by atoms with Gasteiger partial charge in [0.25, 0.3) is 0 Å². The molecule has 1 rings (SSSR count). The van der Waals surface area contributed by atoms with Gasteiger partial charge in [0.1, 0.15) is 0 Å². The van der Waals surface area contributed by atoms with Crippen molar-refractivity contribution in [2.45, 2.75) is 45.7 Å². The molecular weight excluding hydrogens is 168 g/mol. The van der Waals surface area contributed by atoms with E-state index in [0.717, 1.165) is 6.42 Å². The molecule has 1 unspecified atom stereocenters. The second-order valence-electron chi connectivity index (χ2n) is 5.23. The van der Waals surface area contributed by atoms with Crippen molar-refractivity contribution in [3.05, 3.63) is 0 Å². The first-order valence-electron chi connectivity index (χ1n) is 4.48. The van der Waals surface area contributed by atoms with E-state index >= 15 is 0 Å². The Morgan fingerprint density at radius 3 is 1.67 bits per heavy atom. The summed E-state index contributed by atoms with van der Waals surface area (Å²) in [5, 5.41) is 0. The molecule has 0 aromatic heterocycles. The van der Waals surface area contributed by atoms with Gasteiger partial charge in [-0.3, -0.25) is 0 Å². The van der Waals surface area contributed by atoms with Crippen LogP contribution in [0.15, 0.2) is 0 Å². The minimum Gasteiger partial charge on any atom is -0.390 e. The summed E-state index contributed by atoms with van der Waals surface area (Å²) >= 11 is 0. The molecule has 0 N–H and O–H groups in total. The lowest BCUT2D eigenvalue weighted by atomic mass is 10.2. The van der Waals surface area contributed by atoms with Crippen LogP contribution in [0.3, 0.4) is 0 Å². The van der Waals surface area contributed by atoms with Crippen LogP contribution in [0.5, 0.6) is 0 Å². The van der Waals surface area contributed by atoms with E-state index in [1.807, 2.05) is 0 Å². The van der Waals surface area contributed by atoms with Crippen molar-refractivity contribution < 1.29 is 9.16 Å². The highest BCUT2D eigenvalue weighted by molar-refractivity contribution is 6.69. The van der Waals surface area contributed by atoms with E-state index in [0.29, 0.717) is 0 Å². The average Bonchev–Trinajstić information content (AvgIpc) is 2.30. The molecule has 0 heterocycles. The normalized spacial score (nSPS) is 33.5. The van der Waals surface area contributed by atoms with E-state index in [4.69, 9.17) is 9.16 Å². The van der Waals surface area contributed by atoms with Crippen LogP contribution in [0.25, 0.3) is 0 Å². The second kappa shape index (κ2) is 2.56. The molecule has 0 aliphatic heterocycles. The Bertz CT molecular complexity index is 183. The third-order valence-corrected chi connectivity index (χ3v) is 3.32. The minimum absolute atomic E-state index is 0.210. The van der Waals surface area contributed by atoms with Crippen LogP contribution in [-0.2, 0) is 9.16 Å². The van der Waals surface area contributed by atoms with Gasteiger partial charge in [-0.15, -0.1) is 0 Å². The third kappa shape index (κ3) is 1.73. The Morgan fingerprint density at radius 2 is 1.58 bits per heavy atom. The smallest absolute Gasteiger partial charge is 0.187 e. The summed E-state index contributed by atoms with van der Waals surface area (Å²) in [6.45, 7) is 11.0. The zero-order valence-corrected chi connectivity index (χ0v) is 10.0. The number of methoxy groups -OCH3 is 1. The van der Waals surface area contributed by atoms with Gasteiger partial charge in [-0.05, 0) is 19.6 Å². The lowest BCUT2D eigenvalue weighted by molar-refractivity contribution is -0.112. The van der Waals surface area contributed by atoms with Crippen LogP contribution >= 0.6 is 0 Å². The zero-order valence-electron chi connectivity index (χ0n) is 9.02. The average molecular weight is 188 g/mol. The summed E-state index contributed by atoms with van der Waals surface area (Å²) in [6.07, 6.45) is 1.03. The molecule has 0 spiro atoms. The Kier molecular flexibility index (Phi) is 2.18. The third-order valence-electron chi connectivity index (χ3n) is 2.38. The van der Waals surface area contributed by atoms with E-state index in [9.17, 15) is 0 Å². The summed E-state index contributed by atoms with van der Waals surface area (Å²) in [6, 6.07) is 0. The maximum Gasteiger partial charge on any atom is 0.187 e. The van der Waals surface area contributed by atoms with E-state index in [2.05, 4.69) is 33.5 Å².